The van der Waals surface area contributed by atoms with Crippen LogP contribution in [0.1, 0.15) is 11.3 Å². The Hall–Kier alpha value is -2.47. The minimum atomic E-state index is 0.224. The zero-order valence-corrected chi connectivity index (χ0v) is 12.0. The number of phenolic OH excluding ortho intramolecular Hbond substituents is 1. The van der Waals surface area contributed by atoms with Crippen molar-refractivity contribution < 1.29 is 9.84 Å². The Balaban J connectivity index is 1.66. The molecular formula is C16H16N4O2. The number of rotatable bonds is 4. The van der Waals surface area contributed by atoms with Crippen molar-refractivity contribution in [3.8, 4) is 23.0 Å². The molecule has 4 rings (SSSR count). The summed E-state index contributed by atoms with van der Waals surface area (Å²) in [5.41, 5.74) is 2.62. The number of phenols is 1. The minimum absolute atomic E-state index is 0.224. The van der Waals surface area contributed by atoms with Crippen molar-refractivity contribution >= 4 is 6.21 Å². The summed E-state index contributed by atoms with van der Waals surface area (Å²) in [6.07, 6.45) is 1.78. The summed E-state index contributed by atoms with van der Waals surface area (Å²) >= 11 is 0. The van der Waals surface area contributed by atoms with Crippen molar-refractivity contribution in [1.82, 2.24) is 15.3 Å². The molecule has 0 aliphatic carbocycles. The van der Waals surface area contributed by atoms with Gasteiger partial charge in [0.1, 0.15) is 5.75 Å². The highest BCUT2D eigenvalue weighted by Gasteiger charge is 2.22. The lowest BCUT2D eigenvalue weighted by Crippen LogP contribution is -2.45. The van der Waals surface area contributed by atoms with Crippen LogP contribution in [0, 0.1) is 5.92 Å². The Bertz CT molecular complexity index is 724. The lowest BCUT2D eigenvalue weighted by molar-refractivity contribution is 0.193. The molecule has 0 radical (unpaired) electrons. The van der Waals surface area contributed by atoms with E-state index in [2.05, 4.69) is 20.3 Å². The highest BCUT2D eigenvalue weighted by atomic mass is 16.5. The standard InChI is InChI=1S/C16H16N4O2/c21-12-3-1-11(2-4-12)15-19-14-8-18-7-13(14)16(20-15)22-9-10-5-17-6-10/h1-4,7,10,17,21H,5-6,8-9H2. The first kappa shape index (κ1) is 13.2. The molecule has 0 amide bonds. The van der Waals surface area contributed by atoms with E-state index in [1.165, 1.54) is 0 Å². The Morgan fingerprint density at radius 1 is 1.18 bits per heavy atom. The van der Waals surface area contributed by atoms with E-state index in [-0.39, 0.29) is 5.75 Å². The fourth-order valence-electron chi connectivity index (χ4n) is 2.48. The number of ether oxygens (including phenoxy) is 1. The monoisotopic (exact) mass is 296 g/mol. The molecule has 3 heterocycles. The summed E-state index contributed by atoms with van der Waals surface area (Å²) in [5.74, 6) is 1.97. The van der Waals surface area contributed by atoms with Gasteiger partial charge >= 0.3 is 0 Å². The summed E-state index contributed by atoms with van der Waals surface area (Å²) in [6, 6.07) is 6.85. The molecule has 0 bridgehead atoms. The number of fused-ring (bicyclic) bond motifs is 1. The van der Waals surface area contributed by atoms with E-state index in [0.717, 1.165) is 29.9 Å². The molecule has 0 spiro atoms. The number of benzene rings is 1. The summed E-state index contributed by atoms with van der Waals surface area (Å²) in [6.45, 7) is 3.20. The Kier molecular flexibility index (Phi) is 3.23. The van der Waals surface area contributed by atoms with Gasteiger partial charge in [0.25, 0.3) is 0 Å². The quantitative estimate of drug-likeness (QED) is 0.891. The van der Waals surface area contributed by atoms with Gasteiger partial charge in [-0.25, -0.2) is 4.98 Å². The van der Waals surface area contributed by atoms with Gasteiger partial charge in [-0.1, -0.05) is 0 Å². The lowest BCUT2D eigenvalue weighted by atomic mass is 10.1. The van der Waals surface area contributed by atoms with Crippen LogP contribution in [0.15, 0.2) is 29.3 Å². The highest BCUT2D eigenvalue weighted by molar-refractivity contribution is 5.87. The second-order valence-corrected chi connectivity index (χ2v) is 5.56. The molecule has 0 atom stereocenters. The molecule has 6 nitrogen and oxygen atoms in total. The number of nitrogens with one attached hydrogen (secondary N) is 1. The molecule has 2 aliphatic heterocycles. The van der Waals surface area contributed by atoms with Gasteiger partial charge in [-0.3, -0.25) is 4.99 Å². The van der Waals surface area contributed by atoms with Gasteiger partial charge in [0.2, 0.25) is 5.88 Å². The summed E-state index contributed by atoms with van der Waals surface area (Å²) in [7, 11) is 0. The molecular weight excluding hydrogens is 280 g/mol. The van der Waals surface area contributed by atoms with Crippen LogP contribution in [0.2, 0.25) is 0 Å². The third-order valence-corrected chi connectivity index (χ3v) is 3.90. The van der Waals surface area contributed by atoms with Gasteiger partial charge < -0.3 is 15.2 Å². The van der Waals surface area contributed by atoms with Gasteiger partial charge in [-0.05, 0) is 24.3 Å². The van der Waals surface area contributed by atoms with Crippen molar-refractivity contribution in [2.24, 2.45) is 10.9 Å². The van der Waals surface area contributed by atoms with E-state index in [9.17, 15) is 5.11 Å². The third-order valence-electron chi connectivity index (χ3n) is 3.90. The van der Waals surface area contributed by atoms with Gasteiger partial charge in [0.05, 0.1) is 24.4 Å². The lowest BCUT2D eigenvalue weighted by Gasteiger charge is -2.26. The van der Waals surface area contributed by atoms with Gasteiger partial charge in [-0.2, -0.15) is 4.98 Å². The van der Waals surface area contributed by atoms with Gasteiger partial charge in [0.15, 0.2) is 5.82 Å². The molecule has 0 unspecified atom stereocenters. The molecule has 2 aromatic rings. The molecule has 1 aromatic heterocycles. The Morgan fingerprint density at radius 3 is 2.73 bits per heavy atom. The smallest absolute Gasteiger partial charge is 0.226 e. The number of aliphatic imine (C=N–C) groups is 1. The number of aromatic hydroxyl groups is 1. The summed E-state index contributed by atoms with van der Waals surface area (Å²) in [4.78, 5) is 13.4. The highest BCUT2D eigenvalue weighted by Crippen LogP contribution is 2.27. The molecule has 0 saturated carbocycles. The maximum absolute atomic E-state index is 9.40. The SMILES string of the molecule is Oc1ccc(-c2nc3c(c(OCC4CNC4)n2)C=NC3)cc1. The van der Waals surface area contributed by atoms with E-state index < -0.39 is 0 Å². The third kappa shape index (κ3) is 2.42. The van der Waals surface area contributed by atoms with Crippen molar-refractivity contribution in [2.75, 3.05) is 19.7 Å². The summed E-state index contributed by atoms with van der Waals surface area (Å²) < 4.78 is 5.91. The van der Waals surface area contributed by atoms with E-state index >= 15 is 0 Å². The molecule has 6 heteroatoms. The average molecular weight is 296 g/mol. The molecule has 1 fully saturated rings. The zero-order chi connectivity index (χ0) is 14.9. The first-order valence-corrected chi connectivity index (χ1v) is 7.33. The second kappa shape index (κ2) is 5.38. The van der Waals surface area contributed by atoms with E-state index in [0.29, 0.717) is 30.8 Å². The predicted octanol–water partition coefficient (Wildman–Crippen LogP) is 1.38. The largest absolute Gasteiger partial charge is 0.508 e. The molecule has 1 saturated heterocycles. The average Bonchev–Trinajstić information content (AvgIpc) is 2.94. The van der Waals surface area contributed by atoms with Crippen molar-refractivity contribution in [3.63, 3.8) is 0 Å². The normalized spacial score (nSPS) is 16.4. The Morgan fingerprint density at radius 2 is 2.00 bits per heavy atom. The van der Waals surface area contributed by atoms with E-state index in [4.69, 9.17) is 4.74 Å². The van der Waals surface area contributed by atoms with Crippen LogP contribution in [0.3, 0.4) is 0 Å². The minimum Gasteiger partial charge on any atom is -0.508 e. The summed E-state index contributed by atoms with van der Waals surface area (Å²) in [5, 5.41) is 12.6. The maximum Gasteiger partial charge on any atom is 0.226 e. The topological polar surface area (TPSA) is 79.6 Å². The second-order valence-electron chi connectivity index (χ2n) is 5.56. The van der Waals surface area contributed by atoms with Crippen LogP contribution in [-0.4, -0.2) is 41.0 Å². The van der Waals surface area contributed by atoms with Crippen LogP contribution in [0.5, 0.6) is 11.6 Å². The first-order valence-electron chi connectivity index (χ1n) is 7.33. The van der Waals surface area contributed by atoms with E-state index in [1.54, 1.807) is 30.5 Å². The number of aromatic nitrogens is 2. The number of hydrogen-bond donors (Lipinski definition) is 2. The van der Waals surface area contributed by atoms with Crippen LogP contribution < -0.4 is 10.1 Å². The Labute approximate surface area is 127 Å². The number of hydrogen-bond acceptors (Lipinski definition) is 6. The molecule has 2 N–H and O–H groups in total. The predicted molar refractivity (Wildman–Crippen MR) is 82.3 cm³/mol. The molecule has 22 heavy (non-hydrogen) atoms. The molecule has 1 aromatic carbocycles. The van der Waals surface area contributed by atoms with Crippen molar-refractivity contribution in [2.45, 2.75) is 6.54 Å². The van der Waals surface area contributed by atoms with Gasteiger partial charge in [0, 0.05) is 30.8 Å². The fourth-order valence-corrected chi connectivity index (χ4v) is 2.48. The molecule has 112 valence electrons. The van der Waals surface area contributed by atoms with Crippen molar-refractivity contribution in [1.29, 1.82) is 0 Å². The van der Waals surface area contributed by atoms with Crippen LogP contribution >= 0.6 is 0 Å². The fraction of sp³-hybridized carbons (Fsp3) is 0.312. The van der Waals surface area contributed by atoms with Gasteiger partial charge in [-0.15, -0.1) is 0 Å². The first-order chi connectivity index (χ1) is 10.8. The van der Waals surface area contributed by atoms with Crippen molar-refractivity contribution in [3.05, 3.63) is 35.5 Å². The number of nitrogens with zero attached hydrogens (tertiary/aromatic N) is 3. The van der Waals surface area contributed by atoms with Crippen LogP contribution in [-0.2, 0) is 6.54 Å². The van der Waals surface area contributed by atoms with Crippen LogP contribution in [0.25, 0.3) is 11.4 Å². The van der Waals surface area contributed by atoms with Crippen LogP contribution in [0.4, 0.5) is 0 Å². The zero-order valence-electron chi connectivity index (χ0n) is 12.0. The maximum atomic E-state index is 9.40. The van der Waals surface area contributed by atoms with E-state index in [1.807, 2.05) is 0 Å². The molecule has 2 aliphatic rings.